The first-order chi connectivity index (χ1) is 7.13. The molecule has 0 aliphatic carbocycles. The van der Waals surface area contributed by atoms with Crippen molar-refractivity contribution in [3.63, 3.8) is 0 Å². The number of nitrogens with two attached hydrogens (primary N) is 1. The van der Waals surface area contributed by atoms with E-state index in [9.17, 15) is 0 Å². The van der Waals surface area contributed by atoms with Crippen molar-refractivity contribution in [2.75, 3.05) is 24.3 Å². The van der Waals surface area contributed by atoms with Crippen molar-refractivity contribution in [2.24, 2.45) is 0 Å². The van der Waals surface area contributed by atoms with E-state index >= 15 is 0 Å². The maximum Gasteiger partial charge on any atom is 0.0664 e. The van der Waals surface area contributed by atoms with E-state index in [4.69, 9.17) is 10.5 Å². The fourth-order valence-electron chi connectivity index (χ4n) is 1.27. The monoisotopic (exact) mass is 272 g/mol. The molecular formula is C11H17BrN2O. The first kappa shape index (κ1) is 12.3. The summed E-state index contributed by atoms with van der Waals surface area (Å²) in [6.45, 7) is 5.48. The zero-order valence-corrected chi connectivity index (χ0v) is 10.7. The Morgan fingerprint density at radius 1 is 1.53 bits per heavy atom. The molecule has 1 aromatic carbocycles. The van der Waals surface area contributed by atoms with Crippen LogP contribution in [0, 0.1) is 0 Å². The minimum absolute atomic E-state index is 0.258. The van der Waals surface area contributed by atoms with Gasteiger partial charge in [-0.05, 0) is 32.0 Å². The Hall–Kier alpha value is -0.740. The van der Waals surface area contributed by atoms with Gasteiger partial charge in [0.05, 0.1) is 18.0 Å². The standard InChI is InChI=1S/C11H17BrN2O/c1-3-15-7-8(2)14-11-5-4-9(12)6-10(11)13/h4-6,8,14H,3,7,13H2,1-2H3. The topological polar surface area (TPSA) is 47.3 Å². The average molecular weight is 273 g/mol. The fourth-order valence-corrected chi connectivity index (χ4v) is 1.65. The third kappa shape index (κ3) is 4.10. The van der Waals surface area contributed by atoms with Crippen molar-refractivity contribution < 1.29 is 4.74 Å². The van der Waals surface area contributed by atoms with Crippen LogP contribution in [0.4, 0.5) is 11.4 Å². The predicted molar refractivity (Wildman–Crippen MR) is 68.1 cm³/mol. The van der Waals surface area contributed by atoms with E-state index < -0.39 is 0 Å². The highest BCUT2D eigenvalue weighted by atomic mass is 79.9. The van der Waals surface area contributed by atoms with E-state index in [0.29, 0.717) is 6.61 Å². The highest BCUT2D eigenvalue weighted by molar-refractivity contribution is 9.10. The largest absolute Gasteiger partial charge is 0.397 e. The van der Waals surface area contributed by atoms with Crippen LogP contribution in [-0.4, -0.2) is 19.3 Å². The summed E-state index contributed by atoms with van der Waals surface area (Å²) in [7, 11) is 0. The SMILES string of the molecule is CCOCC(C)Nc1ccc(Br)cc1N. The Morgan fingerprint density at radius 2 is 2.27 bits per heavy atom. The minimum atomic E-state index is 0.258. The average Bonchev–Trinajstić information content (AvgIpc) is 2.19. The first-order valence-corrected chi connectivity index (χ1v) is 5.82. The molecule has 0 spiro atoms. The van der Waals surface area contributed by atoms with Crippen LogP contribution in [0.5, 0.6) is 0 Å². The number of rotatable bonds is 5. The number of nitrogens with one attached hydrogen (secondary N) is 1. The second-order valence-corrected chi connectivity index (χ2v) is 4.35. The van der Waals surface area contributed by atoms with E-state index in [1.54, 1.807) is 0 Å². The van der Waals surface area contributed by atoms with Crippen LogP contribution in [-0.2, 0) is 4.74 Å². The van der Waals surface area contributed by atoms with E-state index in [-0.39, 0.29) is 6.04 Å². The van der Waals surface area contributed by atoms with Crippen molar-refractivity contribution in [3.8, 4) is 0 Å². The molecule has 0 saturated heterocycles. The smallest absolute Gasteiger partial charge is 0.0664 e. The number of nitrogen functional groups attached to an aromatic ring is 1. The molecule has 0 bridgehead atoms. The Labute approximate surface area is 99.1 Å². The third-order valence-corrected chi connectivity index (χ3v) is 2.48. The second-order valence-electron chi connectivity index (χ2n) is 3.44. The van der Waals surface area contributed by atoms with Crippen LogP contribution < -0.4 is 11.1 Å². The summed E-state index contributed by atoms with van der Waals surface area (Å²) in [4.78, 5) is 0. The quantitative estimate of drug-likeness (QED) is 0.811. The molecule has 3 N–H and O–H groups in total. The predicted octanol–water partition coefficient (Wildman–Crippen LogP) is 2.87. The molecule has 0 heterocycles. The lowest BCUT2D eigenvalue weighted by Gasteiger charge is -2.16. The first-order valence-electron chi connectivity index (χ1n) is 5.02. The zero-order chi connectivity index (χ0) is 11.3. The minimum Gasteiger partial charge on any atom is -0.397 e. The molecule has 1 rings (SSSR count). The lowest BCUT2D eigenvalue weighted by Crippen LogP contribution is -2.22. The van der Waals surface area contributed by atoms with Gasteiger partial charge in [0, 0.05) is 17.1 Å². The van der Waals surface area contributed by atoms with E-state index in [1.807, 2.05) is 25.1 Å². The van der Waals surface area contributed by atoms with Crippen molar-refractivity contribution in [2.45, 2.75) is 19.9 Å². The summed E-state index contributed by atoms with van der Waals surface area (Å²) in [5, 5.41) is 3.30. The van der Waals surface area contributed by atoms with Gasteiger partial charge in [-0.1, -0.05) is 15.9 Å². The third-order valence-electron chi connectivity index (χ3n) is 1.99. The van der Waals surface area contributed by atoms with Crippen molar-refractivity contribution in [1.82, 2.24) is 0 Å². The van der Waals surface area contributed by atoms with Gasteiger partial charge in [-0.3, -0.25) is 0 Å². The van der Waals surface area contributed by atoms with Gasteiger partial charge in [0.15, 0.2) is 0 Å². The summed E-state index contributed by atoms with van der Waals surface area (Å²) in [5.41, 5.74) is 7.56. The van der Waals surface area contributed by atoms with Gasteiger partial charge in [-0.2, -0.15) is 0 Å². The number of hydrogen-bond acceptors (Lipinski definition) is 3. The molecule has 0 fully saturated rings. The Morgan fingerprint density at radius 3 is 2.87 bits per heavy atom. The number of anilines is 2. The van der Waals surface area contributed by atoms with Gasteiger partial charge in [0.2, 0.25) is 0 Å². The van der Waals surface area contributed by atoms with Gasteiger partial charge in [-0.15, -0.1) is 0 Å². The van der Waals surface area contributed by atoms with Gasteiger partial charge in [-0.25, -0.2) is 0 Å². The summed E-state index contributed by atoms with van der Waals surface area (Å²) in [6.07, 6.45) is 0. The van der Waals surface area contributed by atoms with E-state index in [1.165, 1.54) is 0 Å². The Bertz CT molecular complexity index is 317. The molecule has 0 radical (unpaired) electrons. The molecule has 0 aromatic heterocycles. The van der Waals surface area contributed by atoms with Crippen molar-refractivity contribution in [3.05, 3.63) is 22.7 Å². The zero-order valence-electron chi connectivity index (χ0n) is 9.09. The summed E-state index contributed by atoms with van der Waals surface area (Å²) in [6, 6.07) is 6.07. The van der Waals surface area contributed by atoms with Gasteiger partial charge in [0.1, 0.15) is 0 Å². The molecule has 3 nitrogen and oxygen atoms in total. The number of hydrogen-bond donors (Lipinski definition) is 2. The molecule has 1 aromatic rings. The van der Waals surface area contributed by atoms with Gasteiger partial charge < -0.3 is 15.8 Å². The molecule has 1 atom stereocenters. The lowest BCUT2D eigenvalue weighted by molar-refractivity contribution is 0.141. The highest BCUT2D eigenvalue weighted by Crippen LogP contribution is 2.23. The van der Waals surface area contributed by atoms with E-state index in [2.05, 4.69) is 28.2 Å². The second kappa shape index (κ2) is 5.98. The highest BCUT2D eigenvalue weighted by Gasteiger charge is 2.04. The molecule has 0 aliphatic rings. The van der Waals surface area contributed by atoms with Crippen LogP contribution in [0.15, 0.2) is 22.7 Å². The Balaban J connectivity index is 2.56. The van der Waals surface area contributed by atoms with Gasteiger partial charge >= 0.3 is 0 Å². The van der Waals surface area contributed by atoms with Crippen LogP contribution in [0.1, 0.15) is 13.8 Å². The van der Waals surface area contributed by atoms with Crippen LogP contribution in [0.2, 0.25) is 0 Å². The number of halogens is 1. The molecule has 0 aliphatic heterocycles. The fraction of sp³-hybridized carbons (Fsp3) is 0.455. The molecule has 84 valence electrons. The Kier molecular flexibility index (Phi) is 4.91. The van der Waals surface area contributed by atoms with Gasteiger partial charge in [0.25, 0.3) is 0 Å². The number of benzene rings is 1. The van der Waals surface area contributed by atoms with E-state index in [0.717, 1.165) is 22.5 Å². The number of ether oxygens (including phenoxy) is 1. The maximum absolute atomic E-state index is 5.87. The summed E-state index contributed by atoms with van der Waals surface area (Å²) < 4.78 is 6.31. The van der Waals surface area contributed by atoms with Crippen LogP contribution in [0.3, 0.4) is 0 Å². The van der Waals surface area contributed by atoms with Crippen LogP contribution >= 0.6 is 15.9 Å². The van der Waals surface area contributed by atoms with Crippen molar-refractivity contribution >= 4 is 27.3 Å². The molecule has 0 amide bonds. The molecule has 15 heavy (non-hydrogen) atoms. The van der Waals surface area contributed by atoms with Crippen molar-refractivity contribution in [1.29, 1.82) is 0 Å². The summed E-state index contributed by atoms with van der Waals surface area (Å²) in [5.74, 6) is 0. The normalized spacial score (nSPS) is 12.5. The summed E-state index contributed by atoms with van der Waals surface area (Å²) >= 11 is 3.37. The molecule has 4 heteroatoms. The lowest BCUT2D eigenvalue weighted by atomic mass is 10.2. The molecular weight excluding hydrogens is 256 g/mol. The molecule has 1 unspecified atom stereocenters. The van der Waals surface area contributed by atoms with Crippen LogP contribution in [0.25, 0.3) is 0 Å². The maximum atomic E-state index is 5.87. The molecule has 0 saturated carbocycles.